The third-order valence-electron chi connectivity index (χ3n) is 0.985. The third-order valence-corrected chi connectivity index (χ3v) is 1.31. The van der Waals surface area contributed by atoms with Gasteiger partial charge in [-0.25, -0.2) is 0 Å². The van der Waals surface area contributed by atoms with Crippen molar-refractivity contribution in [2.45, 2.75) is 33.2 Å². The van der Waals surface area contributed by atoms with Crippen molar-refractivity contribution < 1.29 is 0 Å². The van der Waals surface area contributed by atoms with Gasteiger partial charge in [-0.1, -0.05) is 15.8 Å². The van der Waals surface area contributed by atoms with Crippen molar-refractivity contribution in [2.75, 3.05) is 6.54 Å². The molecule has 0 bridgehead atoms. The summed E-state index contributed by atoms with van der Waals surface area (Å²) in [5, 5.41) is 6.38. The first-order valence-electron chi connectivity index (χ1n) is 3.75. The van der Waals surface area contributed by atoms with Crippen LogP contribution in [0.5, 0.6) is 0 Å². The molecule has 0 aliphatic carbocycles. The zero-order chi connectivity index (χ0) is 7.98. The summed E-state index contributed by atoms with van der Waals surface area (Å²) in [6.07, 6.45) is 1.15. The first-order chi connectivity index (χ1) is 4.66. The number of hydrogen-bond donors (Lipinski definition) is 2. The maximum Gasteiger partial charge on any atom is 0.0779 e. The Hall–Kier alpha value is 0.0900. The number of nitrogens with one attached hydrogen (secondary N) is 2. The molecule has 0 aromatic rings. The van der Waals surface area contributed by atoms with E-state index in [4.69, 9.17) is 0 Å². The van der Waals surface area contributed by atoms with E-state index in [1.54, 1.807) is 0 Å². The molecule has 0 atom stereocenters. The van der Waals surface area contributed by atoms with Gasteiger partial charge in [0.1, 0.15) is 0 Å². The molecule has 0 amide bonds. The summed E-state index contributed by atoms with van der Waals surface area (Å²) < 4.78 is 0. The molecule has 0 radical (unpaired) electrons. The highest BCUT2D eigenvalue weighted by atomic mass is 31.0. The predicted octanol–water partition coefficient (Wildman–Crippen LogP) is 1.21. The van der Waals surface area contributed by atoms with E-state index in [-0.39, 0.29) is 0 Å². The minimum absolute atomic E-state index is 0.483. The normalized spacial score (nSPS) is 10.4. The van der Waals surface area contributed by atoms with Gasteiger partial charge in [-0.3, -0.25) is 10.6 Å². The minimum atomic E-state index is 0.483. The van der Waals surface area contributed by atoms with E-state index in [0.717, 1.165) is 18.5 Å². The Morgan fingerprint density at radius 2 is 2.10 bits per heavy atom. The zero-order valence-electron chi connectivity index (χ0n) is 6.99. The Balaban J connectivity index is 3.26. The van der Waals surface area contributed by atoms with E-state index in [1.165, 1.54) is 0 Å². The lowest BCUT2D eigenvalue weighted by Crippen LogP contribution is -2.39. The molecule has 0 saturated heterocycles. The van der Waals surface area contributed by atoms with Crippen molar-refractivity contribution in [2.24, 2.45) is 0 Å². The van der Waals surface area contributed by atoms with Gasteiger partial charge in [0.2, 0.25) is 0 Å². The van der Waals surface area contributed by atoms with Gasteiger partial charge >= 0.3 is 0 Å². The first-order valence-corrected chi connectivity index (χ1v) is 4.25. The van der Waals surface area contributed by atoms with Crippen LogP contribution in [0.3, 0.4) is 0 Å². The molecule has 0 spiro atoms. The molecule has 2 nitrogen and oxygen atoms in total. The second-order valence-electron chi connectivity index (χ2n) is 2.60. The maximum absolute atomic E-state index is 3.42. The molecular weight excluding hydrogens is 143 g/mol. The van der Waals surface area contributed by atoms with Crippen LogP contribution in [0, 0.1) is 0 Å². The van der Waals surface area contributed by atoms with Gasteiger partial charge in [0.15, 0.2) is 0 Å². The highest BCUT2D eigenvalue weighted by molar-refractivity contribution is 7.20. The van der Waals surface area contributed by atoms with Crippen molar-refractivity contribution in [3.8, 4) is 0 Å². The average molecular weight is 160 g/mol. The van der Waals surface area contributed by atoms with Gasteiger partial charge < -0.3 is 0 Å². The second kappa shape index (κ2) is 5.84. The monoisotopic (exact) mass is 160 g/mol. The van der Waals surface area contributed by atoms with Crippen LogP contribution in [-0.2, 0) is 0 Å². The molecule has 0 aliphatic heterocycles. The Morgan fingerprint density at radius 3 is 2.50 bits per heavy atom. The summed E-state index contributed by atoms with van der Waals surface area (Å²) >= 11 is 0. The molecule has 60 valence electrons. The third kappa shape index (κ3) is 6.21. The molecule has 0 saturated carbocycles. The highest BCUT2D eigenvalue weighted by Gasteiger charge is 1.94. The largest absolute Gasteiger partial charge is 0.276 e. The van der Waals surface area contributed by atoms with Crippen LogP contribution in [0.15, 0.2) is 0 Å². The average Bonchev–Trinajstić information content (AvgIpc) is 1.82. The molecule has 10 heavy (non-hydrogen) atoms. The van der Waals surface area contributed by atoms with Crippen LogP contribution < -0.4 is 10.6 Å². The van der Waals surface area contributed by atoms with Gasteiger partial charge in [0.05, 0.1) is 5.54 Å². The summed E-state index contributed by atoms with van der Waals surface area (Å²) in [5.41, 5.74) is 0.983. The molecule has 0 unspecified atom stereocenters. The van der Waals surface area contributed by atoms with Crippen molar-refractivity contribution in [1.29, 1.82) is 0 Å². The van der Waals surface area contributed by atoms with Crippen LogP contribution in [0.2, 0.25) is 0 Å². The molecule has 0 aromatic carbocycles. The van der Waals surface area contributed by atoms with Crippen LogP contribution in [0.4, 0.5) is 0 Å². The molecule has 0 rings (SSSR count). The van der Waals surface area contributed by atoms with E-state index in [0.29, 0.717) is 6.04 Å². The lowest BCUT2D eigenvalue weighted by atomic mass is 10.4. The smallest absolute Gasteiger partial charge is 0.0779 e. The lowest BCUT2D eigenvalue weighted by Gasteiger charge is -2.10. The fourth-order valence-corrected chi connectivity index (χ4v) is 1.00. The Morgan fingerprint density at radius 1 is 1.50 bits per heavy atom. The summed E-state index contributed by atoms with van der Waals surface area (Å²) in [6.45, 7) is 7.36. The van der Waals surface area contributed by atoms with Crippen molar-refractivity contribution in [1.82, 2.24) is 10.6 Å². The summed E-state index contributed by atoms with van der Waals surface area (Å²) in [5.74, 6) is 0. The van der Waals surface area contributed by atoms with E-state index in [1.807, 2.05) is 0 Å². The Bertz CT molecular complexity index is 102. The van der Waals surface area contributed by atoms with Gasteiger partial charge in [0.25, 0.3) is 0 Å². The quantitative estimate of drug-likeness (QED) is 0.591. The minimum Gasteiger partial charge on any atom is -0.276 e. The molecule has 0 aliphatic rings. The van der Waals surface area contributed by atoms with Crippen molar-refractivity contribution in [3.05, 3.63) is 0 Å². The summed E-state index contributed by atoms with van der Waals surface area (Å²) in [7, 11) is 3.42. The predicted molar refractivity (Wildman–Crippen MR) is 49.9 cm³/mol. The van der Waals surface area contributed by atoms with E-state index < -0.39 is 0 Å². The van der Waals surface area contributed by atoms with E-state index in [9.17, 15) is 0 Å². The standard InChI is InChI=1S/C7H17N2P/c1-4-5-8-7(10)9-6(2)3/h6,8-10H,4-5H2,1-3H3. The SMILES string of the molecule is CCCNC(=P)NC(C)C. The molecule has 0 heterocycles. The van der Waals surface area contributed by atoms with Crippen LogP contribution in [0.25, 0.3) is 0 Å². The Kier molecular flexibility index (Phi) is 5.90. The van der Waals surface area contributed by atoms with E-state index in [2.05, 4.69) is 40.3 Å². The van der Waals surface area contributed by atoms with Gasteiger partial charge in [-0.15, -0.1) is 0 Å². The van der Waals surface area contributed by atoms with Gasteiger partial charge in [-0.2, -0.15) is 0 Å². The first kappa shape index (κ1) is 10.1. The molecule has 0 fully saturated rings. The highest BCUT2D eigenvalue weighted by Crippen LogP contribution is 1.79. The second-order valence-corrected chi connectivity index (χ2v) is 3.10. The number of rotatable bonds is 5. The maximum atomic E-state index is 3.42. The fraction of sp³-hybridized carbons (Fsp3) is 0.857. The van der Waals surface area contributed by atoms with Crippen molar-refractivity contribution >= 4 is 14.4 Å². The fourth-order valence-electron chi connectivity index (χ4n) is 0.590. The number of hydrogen-bond acceptors (Lipinski definition) is 0. The molecular formula is C7H17N2P. The van der Waals surface area contributed by atoms with Crippen LogP contribution in [0.1, 0.15) is 27.2 Å². The topological polar surface area (TPSA) is 24.1 Å². The summed E-state index contributed by atoms with van der Waals surface area (Å²) in [6, 6.07) is 0.483. The molecule has 0 aromatic heterocycles. The van der Waals surface area contributed by atoms with Gasteiger partial charge in [-0.05, 0) is 20.3 Å². The Labute approximate surface area is 65.6 Å². The van der Waals surface area contributed by atoms with Crippen molar-refractivity contribution in [3.63, 3.8) is 0 Å². The molecule has 3 heteroatoms. The van der Waals surface area contributed by atoms with E-state index >= 15 is 0 Å². The van der Waals surface area contributed by atoms with Crippen LogP contribution >= 0.6 is 8.86 Å². The molecule has 2 N–H and O–H groups in total. The zero-order valence-corrected chi connectivity index (χ0v) is 7.99. The van der Waals surface area contributed by atoms with Crippen LogP contribution in [-0.4, -0.2) is 18.1 Å². The van der Waals surface area contributed by atoms with Gasteiger partial charge in [0, 0.05) is 12.6 Å². The summed E-state index contributed by atoms with van der Waals surface area (Å²) in [4.78, 5) is 0. The lowest BCUT2D eigenvalue weighted by molar-refractivity contribution is 0.707.